The average Bonchev–Trinajstić information content (AvgIpc) is 2.91. The Hall–Kier alpha value is -2.24. The molecule has 0 aromatic rings. The normalized spacial score (nSPS) is 18.3. The third kappa shape index (κ3) is 2.54. The average molecular weight is 274 g/mol. The van der Waals surface area contributed by atoms with Crippen molar-refractivity contribution in [2.45, 2.75) is 25.7 Å². The minimum Gasteiger partial charge on any atom is -0.269 e. The highest BCUT2D eigenvalue weighted by Crippen LogP contribution is 2.27. The van der Waals surface area contributed by atoms with Crippen LogP contribution in [-0.4, -0.2) is 33.4 Å². The number of amides is 4. The van der Waals surface area contributed by atoms with E-state index in [1.54, 1.807) is 0 Å². The molecular weight excluding hydrogens is 260 g/mol. The molecule has 0 saturated heterocycles. The number of carbonyl (C=O) groups excluding carboxylic acids is 4. The van der Waals surface area contributed by atoms with Crippen LogP contribution in [0.4, 0.5) is 0 Å². The van der Waals surface area contributed by atoms with Crippen molar-refractivity contribution in [2.24, 2.45) is 0 Å². The highest BCUT2D eigenvalue weighted by atomic mass is 16.2. The first-order valence-electron chi connectivity index (χ1n) is 6.33. The summed E-state index contributed by atoms with van der Waals surface area (Å²) in [5.41, 5.74) is 0. The summed E-state index contributed by atoms with van der Waals surface area (Å²) in [6.45, 7) is 3.71. The second kappa shape index (κ2) is 5.81. The van der Waals surface area contributed by atoms with Gasteiger partial charge in [-0.1, -0.05) is 19.8 Å². The molecule has 0 bridgehead atoms. The second-order valence-corrected chi connectivity index (χ2v) is 4.42. The summed E-state index contributed by atoms with van der Waals surface area (Å²) in [5.74, 6) is -2.14. The van der Waals surface area contributed by atoms with E-state index < -0.39 is 23.6 Å². The maximum Gasteiger partial charge on any atom is 0.255 e. The van der Waals surface area contributed by atoms with E-state index in [9.17, 15) is 19.2 Å². The van der Waals surface area contributed by atoms with E-state index in [1.165, 1.54) is 0 Å². The Morgan fingerprint density at radius 3 is 1.55 bits per heavy atom. The summed E-state index contributed by atoms with van der Waals surface area (Å²) in [6.07, 6.45) is 7.03. The van der Waals surface area contributed by atoms with Crippen molar-refractivity contribution in [3.05, 3.63) is 37.4 Å². The molecule has 2 aliphatic rings. The molecule has 0 saturated carbocycles. The molecule has 2 radical (unpaired) electrons. The Morgan fingerprint density at radius 1 is 0.800 bits per heavy atom. The van der Waals surface area contributed by atoms with Crippen LogP contribution in [0.15, 0.2) is 24.3 Å². The number of hydrogen-bond donors (Lipinski definition) is 0. The standard InChI is InChI=1S/C14H14N2O4/c1-2-3-4-5-10(15-11(17)6-7-12(15)18)16-13(19)8-9-14(16)20/h6-9H,1-5H2. The number of nitrogens with zero attached hydrogens (tertiary/aromatic N) is 2. The van der Waals surface area contributed by atoms with Gasteiger partial charge in [0.15, 0.2) is 6.17 Å². The number of imide groups is 2. The van der Waals surface area contributed by atoms with Crippen molar-refractivity contribution in [1.29, 1.82) is 0 Å². The molecule has 0 aliphatic carbocycles. The molecule has 0 N–H and O–H groups in total. The largest absolute Gasteiger partial charge is 0.269 e. The van der Waals surface area contributed by atoms with Gasteiger partial charge in [0.05, 0.1) is 0 Å². The molecule has 0 unspecified atom stereocenters. The Bertz CT molecular complexity index is 443. The predicted octanol–water partition coefficient (Wildman–Crippen LogP) is 0.720. The van der Waals surface area contributed by atoms with Gasteiger partial charge in [-0.05, 0) is 12.8 Å². The van der Waals surface area contributed by atoms with Gasteiger partial charge in [-0.15, -0.1) is 0 Å². The summed E-state index contributed by atoms with van der Waals surface area (Å²) >= 11 is 0. The first-order chi connectivity index (χ1) is 9.56. The predicted molar refractivity (Wildman–Crippen MR) is 69.1 cm³/mol. The molecule has 104 valence electrons. The van der Waals surface area contributed by atoms with Gasteiger partial charge >= 0.3 is 0 Å². The number of carbonyl (C=O) groups is 4. The van der Waals surface area contributed by atoms with Crippen LogP contribution in [-0.2, 0) is 19.2 Å². The van der Waals surface area contributed by atoms with Crippen LogP contribution >= 0.6 is 0 Å². The third-order valence-corrected chi connectivity index (χ3v) is 3.04. The van der Waals surface area contributed by atoms with Crippen molar-refractivity contribution in [2.75, 3.05) is 0 Å². The smallest absolute Gasteiger partial charge is 0.255 e. The van der Waals surface area contributed by atoms with Crippen molar-refractivity contribution in [1.82, 2.24) is 9.80 Å². The Kier molecular flexibility index (Phi) is 4.12. The maximum atomic E-state index is 11.7. The van der Waals surface area contributed by atoms with Crippen LogP contribution in [0.5, 0.6) is 0 Å². The molecule has 6 heteroatoms. The molecule has 0 aromatic heterocycles. The van der Waals surface area contributed by atoms with E-state index in [1.807, 2.05) is 0 Å². The molecule has 2 heterocycles. The lowest BCUT2D eigenvalue weighted by atomic mass is 10.1. The lowest BCUT2D eigenvalue weighted by Crippen LogP contribution is -2.47. The minimum absolute atomic E-state index is 0.124. The molecule has 0 atom stereocenters. The number of rotatable bonds is 6. The zero-order valence-corrected chi connectivity index (χ0v) is 10.9. The molecule has 2 aliphatic heterocycles. The fraction of sp³-hybridized carbons (Fsp3) is 0.286. The molecule has 20 heavy (non-hydrogen) atoms. The number of hydrogen-bond acceptors (Lipinski definition) is 4. The molecule has 0 spiro atoms. The van der Waals surface area contributed by atoms with Gasteiger partial charge in [0, 0.05) is 24.3 Å². The zero-order chi connectivity index (χ0) is 14.7. The Morgan fingerprint density at radius 2 is 1.20 bits per heavy atom. The molecule has 2 rings (SSSR count). The fourth-order valence-corrected chi connectivity index (χ4v) is 2.09. The molecule has 0 aromatic carbocycles. The summed E-state index contributed by atoms with van der Waals surface area (Å²) in [4.78, 5) is 48.7. The van der Waals surface area contributed by atoms with Gasteiger partial charge < -0.3 is 0 Å². The lowest BCUT2D eigenvalue weighted by molar-refractivity contribution is -0.144. The van der Waals surface area contributed by atoms with Crippen LogP contribution in [0.25, 0.3) is 0 Å². The van der Waals surface area contributed by atoms with E-state index in [2.05, 4.69) is 6.92 Å². The van der Waals surface area contributed by atoms with Crippen molar-refractivity contribution in [3.63, 3.8) is 0 Å². The van der Waals surface area contributed by atoms with Crippen LogP contribution < -0.4 is 0 Å². The minimum atomic E-state index is -0.535. The van der Waals surface area contributed by atoms with E-state index in [0.29, 0.717) is 12.8 Å². The zero-order valence-electron chi connectivity index (χ0n) is 10.9. The highest BCUT2D eigenvalue weighted by molar-refractivity contribution is 6.17. The van der Waals surface area contributed by atoms with Gasteiger partial charge in [0.2, 0.25) is 0 Å². The lowest BCUT2D eigenvalue weighted by Gasteiger charge is -2.31. The molecule has 4 amide bonds. The summed E-state index contributed by atoms with van der Waals surface area (Å²) < 4.78 is 0. The van der Waals surface area contributed by atoms with E-state index >= 15 is 0 Å². The maximum absolute atomic E-state index is 11.7. The van der Waals surface area contributed by atoms with Gasteiger partial charge in [0.25, 0.3) is 23.6 Å². The molecular formula is C14H14N2O4. The number of unbranched alkanes of at least 4 members (excludes halogenated alkanes) is 2. The van der Waals surface area contributed by atoms with Gasteiger partial charge in [0.1, 0.15) is 0 Å². The first kappa shape index (κ1) is 14.2. The SMILES string of the molecule is [CH2]CCCC[C](N1C(=O)C=CC1=O)N1C(=O)C=CC1=O. The topological polar surface area (TPSA) is 74.8 Å². The molecule has 6 nitrogen and oxygen atoms in total. The molecule has 0 fully saturated rings. The summed E-state index contributed by atoms with van der Waals surface area (Å²) in [7, 11) is 0. The van der Waals surface area contributed by atoms with Crippen LogP contribution in [0.3, 0.4) is 0 Å². The van der Waals surface area contributed by atoms with Crippen LogP contribution in [0, 0.1) is 13.1 Å². The van der Waals surface area contributed by atoms with E-state index in [-0.39, 0.29) is 12.6 Å². The van der Waals surface area contributed by atoms with Crippen molar-refractivity contribution < 1.29 is 19.2 Å². The van der Waals surface area contributed by atoms with Gasteiger partial charge in [-0.2, -0.15) is 0 Å². The fourth-order valence-electron chi connectivity index (χ4n) is 2.09. The monoisotopic (exact) mass is 274 g/mol. The summed E-state index contributed by atoms with van der Waals surface area (Å²) in [6, 6.07) is 0. The Labute approximate surface area is 116 Å². The van der Waals surface area contributed by atoms with Crippen LogP contribution in [0.1, 0.15) is 25.7 Å². The van der Waals surface area contributed by atoms with Gasteiger partial charge in [-0.3, -0.25) is 19.2 Å². The van der Waals surface area contributed by atoms with Crippen molar-refractivity contribution >= 4 is 23.6 Å². The summed E-state index contributed by atoms with van der Waals surface area (Å²) in [5, 5.41) is 0. The second-order valence-electron chi connectivity index (χ2n) is 4.42. The highest BCUT2D eigenvalue weighted by Gasteiger charge is 2.41. The van der Waals surface area contributed by atoms with E-state index in [0.717, 1.165) is 40.5 Å². The quantitative estimate of drug-likeness (QED) is 0.528. The first-order valence-corrected chi connectivity index (χ1v) is 6.33. The van der Waals surface area contributed by atoms with Crippen LogP contribution in [0.2, 0.25) is 0 Å². The third-order valence-electron chi connectivity index (χ3n) is 3.04. The van der Waals surface area contributed by atoms with E-state index in [4.69, 9.17) is 0 Å². The van der Waals surface area contributed by atoms with Crippen molar-refractivity contribution in [3.8, 4) is 0 Å². The Balaban J connectivity index is 2.21. The van der Waals surface area contributed by atoms with Gasteiger partial charge in [-0.25, -0.2) is 9.80 Å².